The van der Waals surface area contributed by atoms with Gasteiger partial charge in [-0.1, -0.05) is 32.9 Å². The van der Waals surface area contributed by atoms with Crippen molar-refractivity contribution in [1.29, 1.82) is 5.26 Å². The molecule has 13 heteroatoms. The van der Waals surface area contributed by atoms with Crippen molar-refractivity contribution < 1.29 is 22.8 Å². The third-order valence-electron chi connectivity index (χ3n) is 7.13. The summed E-state index contributed by atoms with van der Waals surface area (Å²) in [6.45, 7) is 6.46. The molecule has 1 atom stereocenters. The molecule has 1 fully saturated rings. The lowest BCUT2D eigenvalue weighted by Gasteiger charge is -2.26. The molecule has 1 aliphatic rings. The number of imidazole rings is 1. The van der Waals surface area contributed by atoms with E-state index in [2.05, 4.69) is 21.7 Å². The van der Waals surface area contributed by atoms with Gasteiger partial charge in [0, 0.05) is 19.6 Å². The molecule has 0 saturated carbocycles. The van der Waals surface area contributed by atoms with Gasteiger partial charge in [0.1, 0.15) is 11.6 Å². The van der Waals surface area contributed by atoms with E-state index in [1.165, 1.54) is 17.7 Å². The largest absolute Gasteiger partial charge is 0.443 e. The fourth-order valence-corrected chi connectivity index (χ4v) is 6.07. The summed E-state index contributed by atoms with van der Waals surface area (Å²) in [6.07, 6.45) is 3.62. The zero-order chi connectivity index (χ0) is 31.4. The summed E-state index contributed by atoms with van der Waals surface area (Å²) >= 11 is 1.25. The summed E-state index contributed by atoms with van der Waals surface area (Å²) in [6, 6.07) is 10.8. The van der Waals surface area contributed by atoms with Crippen molar-refractivity contribution in [3.05, 3.63) is 65.0 Å². The molecule has 44 heavy (non-hydrogen) atoms. The highest BCUT2D eigenvalue weighted by molar-refractivity contribution is 7.17. The van der Waals surface area contributed by atoms with Crippen molar-refractivity contribution in [1.82, 2.24) is 24.8 Å². The van der Waals surface area contributed by atoms with Crippen LogP contribution in [-0.2, 0) is 17.9 Å². The fourth-order valence-electron chi connectivity index (χ4n) is 5.22. The highest BCUT2D eigenvalue weighted by Crippen LogP contribution is 2.30. The average Bonchev–Trinajstić information content (AvgIpc) is 3.78. The van der Waals surface area contributed by atoms with Gasteiger partial charge in [0.25, 0.3) is 18.2 Å². The number of nitrogens with zero attached hydrogens (tertiary/aromatic N) is 5. The van der Waals surface area contributed by atoms with Crippen LogP contribution in [0.15, 0.2) is 59.0 Å². The van der Waals surface area contributed by atoms with E-state index >= 15 is 0 Å². The molecule has 230 valence electrons. The number of halogens is 2. The lowest BCUT2D eigenvalue weighted by molar-refractivity contribution is -0.127. The van der Waals surface area contributed by atoms with E-state index in [9.17, 15) is 23.6 Å². The number of rotatable bonds is 10. The Morgan fingerprint density at radius 3 is 2.80 bits per heavy atom. The molecule has 2 amide bonds. The van der Waals surface area contributed by atoms with Crippen molar-refractivity contribution >= 4 is 40.1 Å². The minimum absolute atomic E-state index is 0.106. The predicted molar refractivity (Wildman–Crippen MR) is 163 cm³/mol. The minimum Gasteiger partial charge on any atom is -0.443 e. The number of likely N-dealkylation sites (tertiary alicyclic amines) is 1. The van der Waals surface area contributed by atoms with Gasteiger partial charge in [0.15, 0.2) is 12.2 Å². The molecule has 3 aromatic heterocycles. The topological polar surface area (TPSA) is 129 Å². The van der Waals surface area contributed by atoms with Gasteiger partial charge in [0.2, 0.25) is 5.95 Å². The first-order chi connectivity index (χ1) is 21.0. The summed E-state index contributed by atoms with van der Waals surface area (Å²) in [7, 11) is 0. The van der Waals surface area contributed by atoms with E-state index in [0.29, 0.717) is 41.6 Å². The Labute approximate surface area is 257 Å². The molecular formula is C31H33F2N7O3S. The summed E-state index contributed by atoms with van der Waals surface area (Å²) in [5, 5.41) is 15.4. The fraction of sp³-hybridized carbons (Fsp3) is 0.387. The normalized spacial score (nSPS) is 15.7. The highest BCUT2D eigenvalue weighted by atomic mass is 32.1. The number of nitriles is 1. The van der Waals surface area contributed by atoms with Crippen LogP contribution in [0.5, 0.6) is 0 Å². The molecule has 1 aliphatic heterocycles. The monoisotopic (exact) mass is 621 g/mol. The number of hydrogen-bond donors (Lipinski definition) is 2. The van der Waals surface area contributed by atoms with Gasteiger partial charge < -0.3 is 19.2 Å². The first kappa shape index (κ1) is 31.0. The van der Waals surface area contributed by atoms with Crippen LogP contribution in [0.4, 0.5) is 14.7 Å². The van der Waals surface area contributed by atoms with Gasteiger partial charge in [-0.25, -0.2) is 18.7 Å². The quantitative estimate of drug-likeness (QED) is 0.168. The lowest BCUT2D eigenvalue weighted by Crippen LogP contribution is -2.39. The summed E-state index contributed by atoms with van der Waals surface area (Å²) in [5.41, 5.74) is 1.82. The Bertz CT molecular complexity index is 1710. The summed E-state index contributed by atoms with van der Waals surface area (Å²) in [5.74, 6) is 0.168. The number of nitrogens with one attached hydrogen (secondary N) is 2. The maximum atomic E-state index is 13.5. The number of hydrogen-bond acceptors (Lipinski definition) is 8. The number of aromatic nitrogens is 3. The molecule has 4 heterocycles. The number of carbonyl (C=O) groups is 2. The molecule has 5 rings (SSSR count). The van der Waals surface area contributed by atoms with E-state index in [-0.39, 0.29) is 35.4 Å². The number of oxazole rings is 1. The Kier molecular flexibility index (Phi) is 9.22. The maximum Gasteiger partial charge on any atom is 0.268 e. The van der Waals surface area contributed by atoms with Crippen LogP contribution in [0, 0.1) is 16.7 Å². The van der Waals surface area contributed by atoms with Crippen LogP contribution < -0.4 is 10.6 Å². The van der Waals surface area contributed by atoms with Crippen LogP contribution in [0.3, 0.4) is 0 Å². The molecule has 1 aromatic carbocycles. The molecule has 2 N–H and O–H groups in total. The van der Waals surface area contributed by atoms with E-state index in [0.717, 1.165) is 22.4 Å². The number of thiophene rings is 1. The Morgan fingerprint density at radius 1 is 1.27 bits per heavy atom. The van der Waals surface area contributed by atoms with Gasteiger partial charge in [-0.3, -0.25) is 14.9 Å². The van der Waals surface area contributed by atoms with Crippen LogP contribution in [-0.4, -0.2) is 56.8 Å². The van der Waals surface area contributed by atoms with Gasteiger partial charge in [-0.2, -0.15) is 5.26 Å². The molecule has 0 bridgehead atoms. The number of benzene rings is 1. The first-order valence-electron chi connectivity index (χ1n) is 14.2. The average molecular weight is 622 g/mol. The standard InChI is InChI=1S/C31H33F2N7O3S/c1-31(2,3)12-20(13-34)29(42)39-10-4-5-21(39)17-40-23-7-6-19(14-35-16-27(32)33)11-22(23)37-30(40)38-28(41)26-9-8-25(44-26)24-15-36-18-43-24/h6-9,11-12,15,18,21,27,35H,4-5,10,14,16-17H2,1-3H3,(H,37,38,41). The van der Waals surface area contributed by atoms with Crippen molar-refractivity contribution in [2.24, 2.45) is 5.41 Å². The predicted octanol–water partition coefficient (Wildman–Crippen LogP) is 5.85. The second-order valence-corrected chi connectivity index (χ2v) is 12.8. The van der Waals surface area contributed by atoms with Gasteiger partial charge >= 0.3 is 0 Å². The molecule has 0 radical (unpaired) electrons. The van der Waals surface area contributed by atoms with Crippen molar-refractivity contribution in [3.8, 4) is 16.7 Å². The van der Waals surface area contributed by atoms with E-state index in [1.54, 1.807) is 35.4 Å². The van der Waals surface area contributed by atoms with Crippen molar-refractivity contribution in [2.75, 3.05) is 18.4 Å². The SMILES string of the molecule is CC(C)(C)C=C(C#N)C(=O)N1CCCC1Cn1c(NC(=O)c2ccc(-c3cnco3)s2)nc2cc(CNCC(F)F)ccc21. The summed E-state index contributed by atoms with van der Waals surface area (Å²) < 4.78 is 32.5. The molecule has 1 saturated heterocycles. The molecule has 1 unspecified atom stereocenters. The number of amides is 2. The van der Waals surface area contributed by atoms with E-state index in [1.807, 2.05) is 37.5 Å². The van der Waals surface area contributed by atoms with Crippen LogP contribution >= 0.6 is 11.3 Å². The number of anilines is 1. The smallest absolute Gasteiger partial charge is 0.268 e. The van der Waals surface area contributed by atoms with Crippen LogP contribution in [0.25, 0.3) is 21.7 Å². The third kappa shape index (κ3) is 7.20. The Hall–Kier alpha value is -4.41. The van der Waals surface area contributed by atoms with E-state index < -0.39 is 13.0 Å². The van der Waals surface area contributed by atoms with E-state index in [4.69, 9.17) is 9.40 Å². The number of carbonyl (C=O) groups excluding carboxylic acids is 2. The lowest BCUT2D eigenvalue weighted by atomic mass is 9.93. The maximum absolute atomic E-state index is 13.5. The number of allylic oxidation sites excluding steroid dienone is 1. The van der Waals surface area contributed by atoms with Crippen LogP contribution in [0.2, 0.25) is 0 Å². The van der Waals surface area contributed by atoms with Gasteiger partial charge in [-0.15, -0.1) is 11.3 Å². The third-order valence-corrected chi connectivity index (χ3v) is 8.23. The first-order valence-corrected chi connectivity index (χ1v) is 15.1. The van der Waals surface area contributed by atoms with Gasteiger partial charge in [-0.05, 0) is 48.1 Å². The van der Waals surface area contributed by atoms with Crippen LogP contribution in [0.1, 0.15) is 48.8 Å². The second-order valence-electron chi connectivity index (χ2n) is 11.7. The molecular weight excluding hydrogens is 588 g/mol. The van der Waals surface area contributed by atoms with Crippen molar-refractivity contribution in [2.45, 2.75) is 59.2 Å². The molecule has 0 spiro atoms. The van der Waals surface area contributed by atoms with Gasteiger partial charge in [0.05, 0.1) is 39.6 Å². The molecule has 4 aromatic rings. The van der Waals surface area contributed by atoms with Crippen molar-refractivity contribution in [3.63, 3.8) is 0 Å². The minimum atomic E-state index is -2.46. The number of fused-ring (bicyclic) bond motifs is 1. The zero-order valence-electron chi connectivity index (χ0n) is 24.6. The zero-order valence-corrected chi connectivity index (χ0v) is 25.5. The summed E-state index contributed by atoms with van der Waals surface area (Å²) in [4.78, 5) is 38.4. The highest BCUT2D eigenvalue weighted by Gasteiger charge is 2.32. The molecule has 0 aliphatic carbocycles. The Morgan fingerprint density at radius 2 is 2.09 bits per heavy atom. The number of alkyl halides is 2. The Balaban J connectivity index is 1.45. The molecule has 10 nitrogen and oxygen atoms in total. The second kappa shape index (κ2) is 13.1.